The van der Waals surface area contributed by atoms with Gasteiger partial charge in [0.25, 0.3) is 0 Å². The lowest BCUT2D eigenvalue weighted by Crippen LogP contribution is -2.08. The Kier molecular flexibility index (Phi) is 1.14. The molecule has 1 saturated heterocycles. The topological polar surface area (TPSA) is 25.4 Å². The van der Waals surface area contributed by atoms with E-state index in [-0.39, 0.29) is 5.60 Å². The molecule has 0 N–H and O–H groups in total. The summed E-state index contributed by atoms with van der Waals surface area (Å²) in [6.07, 6.45) is 6.00. The summed E-state index contributed by atoms with van der Waals surface area (Å²) < 4.78 is 5.66. The van der Waals surface area contributed by atoms with Gasteiger partial charge in [-0.05, 0) is 31.4 Å². The summed E-state index contributed by atoms with van der Waals surface area (Å²) in [6.45, 7) is 0. The molecule has 2 heterocycles. The van der Waals surface area contributed by atoms with Gasteiger partial charge in [-0.2, -0.15) is 0 Å². The minimum Gasteiger partial charge on any atom is -0.359 e. The van der Waals surface area contributed by atoms with Gasteiger partial charge in [-0.3, -0.25) is 4.98 Å². The zero-order valence-electron chi connectivity index (χ0n) is 6.86. The predicted octanol–water partition coefficient (Wildman–Crippen LogP) is 1.86. The maximum atomic E-state index is 5.66. The van der Waals surface area contributed by atoms with E-state index >= 15 is 0 Å². The van der Waals surface area contributed by atoms with Gasteiger partial charge in [-0.25, -0.2) is 0 Å². The molecule has 0 amide bonds. The van der Waals surface area contributed by atoms with Crippen molar-refractivity contribution in [1.82, 2.24) is 4.98 Å². The van der Waals surface area contributed by atoms with Crippen molar-refractivity contribution in [2.24, 2.45) is 0 Å². The minimum absolute atomic E-state index is 0.0429. The quantitative estimate of drug-likeness (QED) is 0.587. The normalized spacial score (nSPS) is 37.8. The Morgan fingerprint density at radius 2 is 2.50 bits per heavy atom. The van der Waals surface area contributed by atoms with Crippen LogP contribution in [-0.4, -0.2) is 11.1 Å². The first-order chi connectivity index (χ1) is 5.92. The van der Waals surface area contributed by atoms with Gasteiger partial charge in [0, 0.05) is 6.20 Å². The van der Waals surface area contributed by atoms with Crippen molar-refractivity contribution in [3.63, 3.8) is 0 Å². The van der Waals surface area contributed by atoms with Gasteiger partial charge in [0.1, 0.15) is 5.60 Å². The summed E-state index contributed by atoms with van der Waals surface area (Å²) in [6, 6.07) is 6.06. The van der Waals surface area contributed by atoms with E-state index in [1.807, 2.05) is 18.3 Å². The molecule has 3 rings (SSSR count). The highest BCUT2D eigenvalue weighted by Gasteiger charge is 2.61. The van der Waals surface area contributed by atoms with Crippen molar-refractivity contribution in [2.45, 2.75) is 31.0 Å². The van der Waals surface area contributed by atoms with Gasteiger partial charge < -0.3 is 4.74 Å². The van der Waals surface area contributed by atoms with Crippen LogP contribution in [0.25, 0.3) is 0 Å². The third kappa shape index (κ3) is 0.707. The van der Waals surface area contributed by atoms with Crippen LogP contribution in [0, 0.1) is 0 Å². The first kappa shape index (κ1) is 6.61. The average molecular weight is 161 g/mol. The van der Waals surface area contributed by atoms with Crippen LogP contribution in [0.15, 0.2) is 24.4 Å². The molecule has 1 aromatic heterocycles. The lowest BCUT2D eigenvalue weighted by atomic mass is 10.0. The van der Waals surface area contributed by atoms with Gasteiger partial charge in [0.2, 0.25) is 0 Å². The van der Waals surface area contributed by atoms with Crippen LogP contribution in [0.2, 0.25) is 0 Å². The Bertz CT molecular complexity index is 298. The molecular formula is C10H11NO. The zero-order valence-corrected chi connectivity index (χ0v) is 6.86. The molecule has 1 saturated carbocycles. The van der Waals surface area contributed by atoms with E-state index in [0.717, 1.165) is 12.1 Å². The largest absolute Gasteiger partial charge is 0.359 e. The van der Waals surface area contributed by atoms with Gasteiger partial charge in [0.05, 0.1) is 11.8 Å². The first-order valence-corrected chi connectivity index (χ1v) is 4.51. The fourth-order valence-electron chi connectivity index (χ4n) is 2.25. The number of ether oxygens (including phenoxy) is 1. The lowest BCUT2D eigenvalue weighted by Gasteiger charge is -2.05. The molecule has 62 valence electrons. The molecule has 2 unspecified atom stereocenters. The van der Waals surface area contributed by atoms with E-state index in [1.165, 1.54) is 12.8 Å². The summed E-state index contributed by atoms with van der Waals surface area (Å²) >= 11 is 0. The number of hydrogen-bond donors (Lipinski definition) is 0. The molecule has 2 atom stereocenters. The molecule has 1 aliphatic heterocycles. The SMILES string of the molecule is c1ccc(C23CCCC2O3)nc1. The van der Waals surface area contributed by atoms with Gasteiger partial charge in [-0.15, -0.1) is 0 Å². The highest BCUT2D eigenvalue weighted by atomic mass is 16.6. The summed E-state index contributed by atoms with van der Waals surface area (Å²) in [4.78, 5) is 4.35. The van der Waals surface area contributed by atoms with Crippen molar-refractivity contribution in [3.05, 3.63) is 30.1 Å². The summed E-state index contributed by atoms with van der Waals surface area (Å²) in [7, 11) is 0. The van der Waals surface area contributed by atoms with Crippen molar-refractivity contribution in [3.8, 4) is 0 Å². The Morgan fingerprint density at radius 1 is 1.50 bits per heavy atom. The number of nitrogens with zero attached hydrogens (tertiary/aromatic N) is 1. The second-order valence-corrected chi connectivity index (χ2v) is 3.60. The van der Waals surface area contributed by atoms with E-state index in [1.54, 1.807) is 0 Å². The molecule has 2 heteroatoms. The van der Waals surface area contributed by atoms with Gasteiger partial charge in [0.15, 0.2) is 0 Å². The van der Waals surface area contributed by atoms with Gasteiger partial charge in [-0.1, -0.05) is 6.07 Å². The summed E-state index contributed by atoms with van der Waals surface area (Å²) in [5, 5.41) is 0. The Morgan fingerprint density at radius 3 is 3.08 bits per heavy atom. The third-order valence-corrected chi connectivity index (χ3v) is 2.93. The van der Waals surface area contributed by atoms with Crippen LogP contribution < -0.4 is 0 Å². The average Bonchev–Trinajstić information content (AvgIpc) is 2.72. The highest BCUT2D eigenvalue weighted by Crippen LogP contribution is 2.56. The number of pyridine rings is 1. The van der Waals surface area contributed by atoms with Crippen LogP contribution in [0.4, 0.5) is 0 Å². The molecule has 0 aromatic carbocycles. The van der Waals surface area contributed by atoms with E-state index in [2.05, 4.69) is 11.1 Å². The fourth-order valence-corrected chi connectivity index (χ4v) is 2.25. The number of aromatic nitrogens is 1. The van der Waals surface area contributed by atoms with Crippen molar-refractivity contribution < 1.29 is 4.74 Å². The second kappa shape index (κ2) is 2.07. The van der Waals surface area contributed by atoms with Crippen molar-refractivity contribution >= 4 is 0 Å². The van der Waals surface area contributed by atoms with Crippen LogP contribution >= 0.6 is 0 Å². The Hall–Kier alpha value is -0.890. The first-order valence-electron chi connectivity index (χ1n) is 4.51. The smallest absolute Gasteiger partial charge is 0.136 e. The molecule has 0 spiro atoms. The van der Waals surface area contributed by atoms with Crippen LogP contribution in [0.3, 0.4) is 0 Å². The Balaban J connectivity index is 2.00. The molecule has 2 aliphatic rings. The standard InChI is InChI=1S/C10H11NO/c1-2-7-11-8(4-1)10-6-3-5-9(10)12-10/h1-2,4,7,9H,3,5-6H2. The maximum Gasteiger partial charge on any atom is 0.136 e. The van der Waals surface area contributed by atoms with Crippen molar-refractivity contribution in [2.75, 3.05) is 0 Å². The molecule has 1 aliphatic carbocycles. The lowest BCUT2D eigenvalue weighted by molar-refractivity contribution is 0.249. The van der Waals surface area contributed by atoms with Crippen molar-refractivity contribution in [1.29, 1.82) is 0 Å². The minimum atomic E-state index is 0.0429. The van der Waals surface area contributed by atoms with E-state index in [0.29, 0.717) is 6.10 Å². The third-order valence-electron chi connectivity index (χ3n) is 2.93. The summed E-state index contributed by atoms with van der Waals surface area (Å²) in [5.41, 5.74) is 1.17. The van der Waals surface area contributed by atoms with Gasteiger partial charge >= 0.3 is 0 Å². The van der Waals surface area contributed by atoms with E-state index in [4.69, 9.17) is 4.74 Å². The number of hydrogen-bond acceptors (Lipinski definition) is 2. The molecule has 0 radical (unpaired) electrons. The molecule has 2 fully saturated rings. The van der Waals surface area contributed by atoms with Crippen LogP contribution in [-0.2, 0) is 10.3 Å². The van der Waals surface area contributed by atoms with E-state index in [9.17, 15) is 0 Å². The Labute approximate surface area is 71.6 Å². The zero-order chi connectivity index (χ0) is 8.02. The molecule has 1 aromatic rings. The van der Waals surface area contributed by atoms with Crippen LogP contribution in [0.1, 0.15) is 25.0 Å². The molecular weight excluding hydrogens is 150 g/mol. The monoisotopic (exact) mass is 161 g/mol. The summed E-state index contributed by atoms with van der Waals surface area (Å²) in [5.74, 6) is 0. The molecule has 12 heavy (non-hydrogen) atoms. The molecule has 0 bridgehead atoms. The number of epoxide rings is 1. The fraction of sp³-hybridized carbons (Fsp3) is 0.500. The maximum absolute atomic E-state index is 5.66. The van der Waals surface area contributed by atoms with Crippen LogP contribution in [0.5, 0.6) is 0 Å². The highest BCUT2D eigenvalue weighted by molar-refractivity contribution is 5.24. The molecule has 2 nitrogen and oxygen atoms in total. The second-order valence-electron chi connectivity index (χ2n) is 3.60. The predicted molar refractivity (Wildman–Crippen MR) is 44.6 cm³/mol. The number of fused-ring (bicyclic) bond motifs is 1. The number of rotatable bonds is 1. The van der Waals surface area contributed by atoms with E-state index < -0.39 is 0 Å².